The van der Waals surface area contributed by atoms with Crippen molar-refractivity contribution in [2.24, 2.45) is 0 Å². The Morgan fingerprint density at radius 3 is 1.72 bits per heavy atom. The highest BCUT2D eigenvalue weighted by Crippen LogP contribution is 2.51. The monoisotopic (exact) mass is 589 g/mol. The second-order valence-electron chi connectivity index (χ2n) is 12.8. The van der Waals surface area contributed by atoms with Crippen molar-refractivity contribution in [3.8, 4) is 55.9 Å². The maximum absolute atomic E-state index is 6.27. The van der Waals surface area contributed by atoms with Crippen LogP contribution in [0.2, 0.25) is 0 Å². The van der Waals surface area contributed by atoms with Crippen LogP contribution in [0.15, 0.2) is 156 Å². The predicted octanol–water partition coefficient (Wildman–Crippen LogP) is 12.0. The lowest BCUT2D eigenvalue weighted by molar-refractivity contribution is 0.647. The molecule has 0 spiro atoms. The van der Waals surface area contributed by atoms with Gasteiger partial charge in [0, 0.05) is 27.3 Å². The Hall–Kier alpha value is -5.73. The van der Waals surface area contributed by atoms with Crippen molar-refractivity contribution in [3.63, 3.8) is 0 Å². The van der Waals surface area contributed by atoms with Gasteiger partial charge in [0.05, 0.1) is 11.4 Å². The van der Waals surface area contributed by atoms with E-state index in [-0.39, 0.29) is 5.41 Å². The van der Waals surface area contributed by atoms with Gasteiger partial charge in [-0.2, -0.15) is 0 Å². The molecule has 46 heavy (non-hydrogen) atoms. The van der Waals surface area contributed by atoms with Crippen LogP contribution in [-0.2, 0) is 5.41 Å². The van der Waals surface area contributed by atoms with Gasteiger partial charge in [-0.05, 0) is 80.9 Å². The normalized spacial score (nSPS) is 13.2. The zero-order valence-electron chi connectivity index (χ0n) is 25.8. The smallest absolute Gasteiger partial charge is 0.135 e. The molecule has 218 valence electrons. The fraction of sp³-hybridized carbons (Fsp3) is 0.0682. The van der Waals surface area contributed by atoms with Crippen LogP contribution in [0.4, 0.5) is 0 Å². The number of nitrogens with zero attached hydrogens (tertiary/aromatic N) is 1. The van der Waals surface area contributed by atoms with Gasteiger partial charge in [-0.15, -0.1) is 0 Å². The first-order valence-electron chi connectivity index (χ1n) is 15.9. The largest absolute Gasteiger partial charge is 0.456 e. The fourth-order valence-corrected chi connectivity index (χ4v) is 7.20. The van der Waals surface area contributed by atoms with Gasteiger partial charge in [-0.25, -0.2) is 4.98 Å². The lowest BCUT2D eigenvalue weighted by Gasteiger charge is -2.22. The third kappa shape index (κ3) is 4.22. The van der Waals surface area contributed by atoms with Crippen molar-refractivity contribution in [1.82, 2.24) is 4.98 Å². The van der Waals surface area contributed by atoms with Crippen LogP contribution in [0, 0.1) is 0 Å². The summed E-state index contributed by atoms with van der Waals surface area (Å²) in [6.07, 6.45) is 0. The Morgan fingerprint density at radius 1 is 0.413 bits per heavy atom. The summed E-state index contributed by atoms with van der Waals surface area (Å²) < 4.78 is 6.27. The van der Waals surface area contributed by atoms with E-state index in [4.69, 9.17) is 9.40 Å². The number of hydrogen-bond donors (Lipinski definition) is 0. The van der Waals surface area contributed by atoms with Crippen LogP contribution in [0.25, 0.3) is 77.8 Å². The molecular weight excluding hydrogens is 558 g/mol. The molecule has 2 nitrogen and oxygen atoms in total. The minimum absolute atomic E-state index is 0.135. The van der Waals surface area contributed by atoms with E-state index in [0.29, 0.717) is 0 Å². The summed E-state index contributed by atoms with van der Waals surface area (Å²) in [5.41, 5.74) is 16.0. The zero-order chi connectivity index (χ0) is 30.8. The lowest BCUT2D eigenvalue weighted by atomic mass is 9.81. The summed E-state index contributed by atoms with van der Waals surface area (Å²) >= 11 is 0. The topological polar surface area (TPSA) is 26.0 Å². The molecule has 2 aromatic heterocycles. The van der Waals surface area contributed by atoms with Gasteiger partial charge in [-0.1, -0.05) is 129 Å². The van der Waals surface area contributed by atoms with Crippen LogP contribution in [0.3, 0.4) is 0 Å². The van der Waals surface area contributed by atoms with E-state index < -0.39 is 0 Å². The number of furan rings is 1. The second kappa shape index (κ2) is 10.2. The third-order valence-corrected chi connectivity index (χ3v) is 9.69. The van der Waals surface area contributed by atoms with Gasteiger partial charge in [0.2, 0.25) is 0 Å². The average Bonchev–Trinajstić information content (AvgIpc) is 3.59. The molecular formula is C44H31NO. The molecule has 0 unspecified atom stereocenters. The highest BCUT2D eigenvalue weighted by atomic mass is 16.3. The minimum Gasteiger partial charge on any atom is -0.456 e. The van der Waals surface area contributed by atoms with E-state index in [1.807, 2.05) is 12.1 Å². The molecule has 8 aromatic rings. The summed E-state index contributed by atoms with van der Waals surface area (Å²) in [6.45, 7) is 4.66. The minimum atomic E-state index is -0.135. The number of hydrogen-bond acceptors (Lipinski definition) is 2. The highest BCUT2D eigenvalue weighted by Gasteiger charge is 2.36. The molecule has 9 rings (SSSR count). The Bertz CT molecular complexity index is 2360. The van der Waals surface area contributed by atoms with Crippen molar-refractivity contribution < 1.29 is 4.42 Å². The van der Waals surface area contributed by atoms with Crippen LogP contribution >= 0.6 is 0 Å². The van der Waals surface area contributed by atoms with Gasteiger partial charge < -0.3 is 4.42 Å². The van der Waals surface area contributed by atoms with E-state index in [2.05, 4.69) is 153 Å². The fourth-order valence-electron chi connectivity index (χ4n) is 7.20. The molecule has 0 fully saturated rings. The Morgan fingerprint density at radius 2 is 0.978 bits per heavy atom. The van der Waals surface area contributed by atoms with Gasteiger partial charge in [-0.3, -0.25) is 0 Å². The number of aromatic nitrogens is 1. The second-order valence-corrected chi connectivity index (χ2v) is 12.8. The van der Waals surface area contributed by atoms with Gasteiger partial charge in [0.25, 0.3) is 0 Å². The Labute approximate surface area is 268 Å². The summed E-state index contributed by atoms with van der Waals surface area (Å²) in [5, 5.41) is 2.35. The number of fused-ring (bicyclic) bond motifs is 6. The lowest BCUT2D eigenvalue weighted by Crippen LogP contribution is -2.15. The molecule has 0 radical (unpaired) electrons. The molecule has 0 saturated heterocycles. The molecule has 1 aliphatic rings. The molecule has 0 amide bonds. The van der Waals surface area contributed by atoms with Crippen molar-refractivity contribution in [1.29, 1.82) is 0 Å². The molecule has 0 atom stereocenters. The summed E-state index contributed by atoms with van der Waals surface area (Å²) in [4.78, 5) is 5.12. The van der Waals surface area contributed by atoms with Gasteiger partial charge >= 0.3 is 0 Å². The SMILES string of the molecule is CC1(C)c2cc(-c3ccc(-c4cc(-c5ccccc5)cc(-c5ccccc5)n4)cc3)ccc2-c2cc3c(cc21)oc1ccccc13. The Balaban J connectivity index is 1.10. The molecule has 0 aliphatic heterocycles. The van der Waals surface area contributed by atoms with E-state index >= 15 is 0 Å². The molecule has 0 N–H and O–H groups in total. The van der Waals surface area contributed by atoms with E-state index in [1.165, 1.54) is 49.7 Å². The number of para-hydroxylation sites is 1. The first-order chi connectivity index (χ1) is 22.5. The molecule has 1 aliphatic carbocycles. The number of benzene rings is 6. The van der Waals surface area contributed by atoms with Gasteiger partial charge in [0.1, 0.15) is 11.2 Å². The molecule has 6 aromatic carbocycles. The maximum atomic E-state index is 6.27. The summed E-state index contributed by atoms with van der Waals surface area (Å²) in [6, 6.07) is 54.1. The first kappa shape index (κ1) is 26.7. The molecule has 2 heterocycles. The van der Waals surface area contributed by atoms with Crippen molar-refractivity contribution >= 4 is 21.9 Å². The molecule has 2 heteroatoms. The van der Waals surface area contributed by atoms with Crippen LogP contribution in [0.5, 0.6) is 0 Å². The van der Waals surface area contributed by atoms with Crippen molar-refractivity contribution in [2.75, 3.05) is 0 Å². The standard InChI is InChI=1S/C44H31NO/c1-44(2)38-23-32(21-22-34(38)36-26-37-35-15-9-10-16-42(35)46-43(37)27-39(36)44)29-17-19-31(20-18-29)41-25-33(28-11-5-3-6-12-28)24-40(45-41)30-13-7-4-8-14-30/h3-27H,1-2H3. The van der Waals surface area contributed by atoms with Gasteiger partial charge in [0.15, 0.2) is 0 Å². The third-order valence-electron chi connectivity index (χ3n) is 9.69. The van der Waals surface area contributed by atoms with Crippen LogP contribution in [0.1, 0.15) is 25.0 Å². The summed E-state index contributed by atoms with van der Waals surface area (Å²) in [5.74, 6) is 0. The first-order valence-corrected chi connectivity index (χ1v) is 15.9. The number of rotatable bonds is 4. The summed E-state index contributed by atoms with van der Waals surface area (Å²) in [7, 11) is 0. The van der Waals surface area contributed by atoms with E-state index in [9.17, 15) is 0 Å². The molecule has 0 saturated carbocycles. The van der Waals surface area contributed by atoms with Crippen molar-refractivity contribution in [3.05, 3.63) is 163 Å². The average molecular weight is 590 g/mol. The quantitative estimate of drug-likeness (QED) is 0.204. The zero-order valence-corrected chi connectivity index (χ0v) is 25.8. The van der Waals surface area contributed by atoms with Crippen LogP contribution < -0.4 is 0 Å². The highest BCUT2D eigenvalue weighted by molar-refractivity contribution is 6.07. The van der Waals surface area contributed by atoms with Crippen molar-refractivity contribution in [2.45, 2.75) is 19.3 Å². The molecule has 0 bridgehead atoms. The van der Waals surface area contributed by atoms with E-state index in [1.54, 1.807) is 0 Å². The maximum Gasteiger partial charge on any atom is 0.135 e. The van der Waals surface area contributed by atoms with E-state index in [0.717, 1.165) is 39.2 Å². The Kier molecular flexibility index (Phi) is 5.88. The van der Waals surface area contributed by atoms with Crippen LogP contribution in [-0.4, -0.2) is 4.98 Å². The number of pyridine rings is 1. The predicted molar refractivity (Wildman–Crippen MR) is 191 cm³/mol.